The molecule has 0 radical (unpaired) electrons. The molecule has 0 spiro atoms. The monoisotopic (exact) mass is 400 g/mol. The molecule has 1 aliphatic heterocycles. The zero-order valence-corrected chi connectivity index (χ0v) is 16.2. The predicted molar refractivity (Wildman–Crippen MR) is 110 cm³/mol. The average Bonchev–Trinajstić information content (AvgIpc) is 3.14. The third-order valence-electron chi connectivity index (χ3n) is 4.88. The van der Waals surface area contributed by atoms with Crippen molar-refractivity contribution in [2.75, 3.05) is 11.9 Å². The Balaban J connectivity index is 1.68. The van der Waals surface area contributed by atoms with E-state index in [-0.39, 0.29) is 11.9 Å². The normalized spacial score (nSPS) is 16.1. The summed E-state index contributed by atoms with van der Waals surface area (Å²) in [7, 11) is 0. The van der Waals surface area contributed by atoms with Gasteiger partial charge in [0.05, 0.1) is 12.0 Å². The van der Waals surface area contributed by atoms with Crippen LogP contribution in [0.2, 0.25) is 5.02 Å². The van der Waals surface area contributed by atoms with Crippen LogP contribution in [0, 0.1) is 12.7 Å². The zero-order chi connectivity index (χ0) is 19.0. The Morgan fingerprint density at radius 3 is 2.85 bits per heavy atom. The number of anilines is 1. The summed E-state index contributed by atoms with van der Waals surface area (Å²) >= 11 is 12.0. The van der Waals surface area contributed by atoms with Gasteiger partial charge in [0, 0.05) is 29.4 Å². The van der Waals surface area contributed by atoms with E-state index < -0.39 is 0 Å². The molecule has 0 saturated heterocycles. The number of fused-ring (bicyclic) bond motifs is 1. The summed E-state index contributed by atoms with van der Waals surface area (Å²) in [6, 6.07) is 12.0. The van der Waals surface area contributed by atoms with E-state index in [1.165, 1.54) is 12.1 Å². The minimum atomic E-state index is -0.265. The van der Waals surface area contributed by atoms with Crippen molar-refractivity contribution in [3.63, 3.8) is 0 Å². The van der Waals surface area contributed by atoms with E-state index in [9.17, 15) is 4.39 Å². The lowest BCUT2D eigenvalue weighted by atomic mass is 9.96. The first-order valence-corrected chi connectivity index (χ1v) is 9.43. The molecular formula is C20H18ClFN4S. The molecule has 0 fully saturated rings. The molecule has 0 saturated carbocycles. The molecule has 138 valence electrons. The Labute approximate surface area is 167 Å². The summed E-state index contributed by atoms with van der Waals surface area (Å²) in [5.41, 5.74) is 4.76. The fourth-order valence-corrected chi connectivity index (χ4v) is 3.89. The maximum atomic E-state index is 13.4. The molecule has 7 heteroatoms. The van der Waals surface area contributed by atoms with Gasteiger partial charge in [-0.15, -0.1) is 0 Å². The summed E-state index contributed by atoms with van der Waals surface area (Å²) in [6.07, 6.45) is 2.51. The Morgan fingerprint density at radius 1 is 1.30 bits per heavy atom. The number of thiocarbonyl (C=S) groups is 1. The summed E-state index contributed by atoms with van der Waals surface area (Å²) < 4.78 is 13.4. The van der Waals surface area contributed by atoms with Crippen LogP contribution in [-0.4, -0.2) is 26.5 Å². The molecule has 0 amide bonds. The molecule has 2 aromatic carbocycles. The smallest absolute Gasteiger partial charge is 0.174 e. The highest BCUT2D eigenvalue weighted by atomic mass is 35.5. The number of aromatic amines is 1. The first-order chi connectivity index (χ1) is 13.0. The van der Waals surface area contributed by atoms with Crippen LogP contribution in [0.15, 0.2) is 48.8 Å². The molecule has 3 aromatic rings. The lowest BCUT2D eigenvalue weighted by Gasteiger charge is -2.37. The van der Waals surface area contributed by atoms with E-state index >= 15 is 0 Å². The van der Waals surface area contributed by atoms with Crippen molar-refractivity contribution in [2.24, 2.45) is 0 Å². The Morgan fingerprint density at radius 2 is 2.07 bits per heavy atom. The van der Waals surface area contributed by atoms with Crippen LogP contribution >= 0.6 is 23.8 Å². The quantitative estimate of drug-likeness (QED) is 0.603. The van der Waals surface area contributed by atoms with Crippen LogP contribution in [0.4, 0.5) is 10.1 Å². The number of halogens is 2. The van der Waals surface area contributed by atoms with Gasteiger partial charge >= 0.3 is 0 Å². The van der Waals surface area contributed by atoms with E-state index in [2.05, 4.69) is 20.2 Å². The van der Waals surface area contributed by atoms with E-state index in [1.807, 2.05) is 25.1 Å². The zero-order valence-electron chi connectivity index (χ0n) is 14.7. The second kappa shape index (κ2) is 7.29. The summed E-state index contributed by atoms with van der Waals surface area (Å²) in [4.78, 5) is 9.80. The largest absolute Gasteiger partial charge is 0.348 e. The molecular weight excluding hydrogens is 383 g/mol. The van der Waals surface area contributed by atoms with Gasteiger partial charge < -0.3 is 15.2 Å². The topological polar surface area (TPSA) is 44.0 Å². The minimum absolute atomic E-state index is 0.180. The highest BCUT2D eigenvalue weighted by molar-refractivity contribution is 7.80. The number of rotatable bonds is 2. The van der Waals surface area contributed by atoms with Crippen molar-refractivity contribution in [1.29, 1.82) is 0 Å². The third-order valence-corrected chi connectivity index (χ3v) is 5.63. The van der Waals surface area contributed by atoms with Crippen molar-refractivity contribution >= 4 is 34.6 Å². The van der Waals surface area contributed by atoms with Crippen molar-refractivity contribution < 1.29 is 4.39 Å². The molecule has 4 nitrogen and oxygen atoms in total. The number of benzene rings is 2. The third kappa shape index (κ3) is 3.42. The molecule has 1 unspecified atom stereocenters. The molecule has 2 N–H and O–H groups in total. The van der Waals surface area contributed by atoms with Gasteiger partial charge in [0.15, 0.2) is 5.11 Å². The summed E-state index contributed by atoms with van der Waals surface area (Å²) in [5.74, 6) is -0.265. The van der Waals surface area contributed by atoms with Gasteiger partial charge in [-0.2, -0.15) is 0 Å². The van der Waals surface area contributed by atoms with Crippen LogP contribution in [0.5, 0.6) is 0 Å². The molecule has 27 heavy (non-hydrogen) atoms. The lowest BCUT2D eigenvalue weighted by molar-refractivity contribution is 0.336. The Hall–Kier alpha value is -2.44. The molecule has 2 heterocycles. The molecule has 1 aromatic heterocycles. The van der Waals surface area contributed by atoms with E-state index in [0.29, 0.717) is 10.1 Å². The SMILES string of the molecule is Cc1c(Cl)cccc1NC(=S)N1CCc2[nH]cnc2C1c1ccc(F)cc1. The number of nitrogens with one attached hydrogen (secondary N) is 2. The number of hydrogen-bond donors (Lipinski definition) is 2. The van der Waals surface area contributed by atoms with E-state index in [0.717, 1.165) is 41.2 Å². The fraction of sp³-hybridized carbons (Fsp3) is 0.200. The van der Waals surface area contributed by atoms with Crippen molar-refractivity contribution in [3.05, 3.63) is 82.1 Å². The molecule has 0 aliphatic carbocycles. The highest BCUT2D eigenvalue weighted by Gasteiger charge is 2.32. The molecule has 1 aliphatic rings. The van der Waals surface area contributed by atoms with Gasteiger partial charge in [-0.05, 0) is 54.5 Å². The molecule has 1 atom stereocenters. The van der Waals surface area contributed by atoms with Crippen LogP contribution in [-0.2, 0) is 6.42 Å². The van der Waals surface area contributed by atoms with E-state index in [1.54, 1.807) is 18.5 Å². The van der Waals surface area contributed by atoms with Crippen molar-refractivity contribution in [3.8, 4) is 0 Å². The maximum Gasteiger partial charge on any atom is 0.174 e. The van der Waals surface area contributed by atoms with Crippen LogP contribution in [0.3, 0.4) is 0 Å². The second-order valence-electron chi connectivity index (χ2n) is 6.51. The fourth-order valence-electron chi connectivity index (χ4n) is 3.41. The number of nitrogens with zero attached hydrogens (tertiary/aromatic N) is 2. The molecule has 0 bridgehead atoms. The van der Waals surface area contributed by atoms with Gasteiger partial charge in [0.25, 0.3) is 0 Å². The number of hydrogen-bond acceptors (Lipinski definition) is 2. The van der Waals surface area contributed by atoms with Gasteiger partial charge in [-0.3, -0.25) is 0 Å². The Kier molecular flexibility index (Phi) is 4.85. The first-order valence-electron chi connectivity index (χ1n) is 8.65. The second-order valence-corrected chi connectivity index (χ2v) is 7.30. The van der Waals surface area contributed by atoms with Gasteiger partial charge in [0.2, 0.25) is 0 Å². The van der Waals surface area contributed by atoms with Gasteiger partial charge in [-0.25, -0.2) is 9.37 Å². The van der Waals surface area contributed by atoms with Crippen molar-refractivity contribution in [1.82, 2.24) is 14.9 Å². The van der Waals surface area contributed by atoms with Crippen LogP contribution < -0.4 is 5.32 Å². The van der Waals surface area contributed by atoms with E-state index in [4.69, 9.17) is 23.8 Å². The van der Waals surface area contributed by atoms with Gasteiger partial charge in [0.1, 0.15) is 11.9 Å². The predicted octanol–water partition coefficient (Wildman–Crippen LogP) is 4.86. The summed E-state index contributed by atoms with van der Waals surface area (Å²) in [6.45, 7) is 2.68. The molecule has 4 rings (SSSR count). The van der Waals surface area contributed by atoms with Crippen LogP contribution in [0.1, 0.15) is 28.6 Å². The highest BCUT2D eigenvalue weighted by Crippen LogP contribution is 2.34. The summed E-state index contributed by atoms with van der Waals surface area (Å²) in [5, 5.41) is 4.59. The minimum Gasteiger partial charge on any atom is -0.348 e. The maximum absolute atomic E-state index is 13.4. The van der Waals surface area contributed by atoms with Crippen LogP contribution in [0.25, 0.3) is 0 Å². The Bertz CT molecular complexity index is 986. The van der Waals surface area contributed by atoms with Gasteiger partial charge in [-0.1, -0.05) is 29.8 Å². The number of aromatic nitrogens is 2. The number of H-pyrrole nitrogens is 1. The number of imidazole rings is 1. The average molecular weight is 401 g/mol. The standard InChI is InChI=1S/C20H18ClFN4S/c1-12-15(21)3-2-4-16(12)25-20(27)26-10-9-17-18(24-11-23-17)19(26)13-5-7-14(22)8-6-13/h2-8,11,19H,9-10H2,1H3,(H,23,24)(H,25,27). The van der Waals surface area contributed by atoms with Crippen molar-refractivity contribution in [2.45, 2.75) is 19.4 Å². The first kappa shape index (κ1) is 17.9. The lowest BCUT2D eigenvalue weighted by Crippen LogP contribution is -2.43.